The van der Waals surface area contributed by atoms with Crippen molar-refractivity contribution in [1.29, 1.82) is 0 Å². The topological polar surface area (TPSA) is 85.1 Å². The molecule has 2 aromatic rings. The first-order valence-corrected chi connectivity index (χ1v) is 7.45. The molecule has 1 heterocycles. The summed E-state index contributed by atoms with van der Waals surface area (Å²) in [5.74, 6) is -0.826. The molecule has 0 fully saturated rings. The van der Waals surface area contributed by atoms with E-state index in [-0.39, 0.29) is 22.2 Å². The third-order valence-corrected chi connectivity index (χ3v) is 3.76. The highest BCUT2D eigenvalue weighted by Crippen LogP contribution is 2.31. The molecule has 6 nitrogen and oxygen atoms in total. The van der Waals surface area contributed by atoms with Crippen LogP contribution in [0, 0.1) is 10.1 Å². The van der Waals surface area contributed by atoms with E-state index in [9.17, 15) is 28.1 Å². The van der Waals surface area contributed by atoms with Gasteiger partial charge in [-0.15, -0.1) is 0 Å². The fourth-order valence-electron chi connectivity index (χ4n) is 1.74. The quantitative estimate of drug-likeness (QED) is 0.501. The van der Waals surface area contributed by atoms with Crippen molar-refractivity contribution in [3.63, 3.8) is 0 Å². The molecule has 1 amide bonds. The number of thioether (sulfide) groups is 1. The smallest absolute Gasteiger partial charge is 0.325 e. The Morgan fingerprint density at radius 3 is 2.71 bits per heavy atom. The molecule has 0 unspecified atom stereocenters. The molecule has 0 aliphatic rings. The second-order valence-electron chi connectivity index (χ2n) is 4.50. The number of aromatic nitrogens is 1. The van der Waals surface area contributed by atoms with Gasteiger partial charge in [0.1, 0.15) is 0 Å². The predicted molar refractivity (Wildman–Crippen MR) is 81.7 cm³/mol. The number of rotatable bonds is 5. The zero-order valence-corrected chi connectivity index (χ0v) is 12.7. The van der Waals surface area contributed by atoms with Crippen LogP contribution in [0.5, 0.6) is 0 Å². The number of halogens is 3. The molecule has 1 aromatic heterocycles. The lowest BCUT2D eigenvalue weighted by atomic mass is 10.2. The minimum atomic E-state index is -4.51. The fraction of sp³-hybridized carbons (Fsp3) is 0.143. The SMILES string of the molecule is O=C(CSc1ncccc1[N+](=O)[O-])Nc1cccc(C(F)(F)F)c1. The van der Waals surface area contributed by atoms with Crippen molar-refractivity contribution in [3.8, 4) is 0 Å². The second-order valence-corrected chi connectivity index (χ2v) is 5.46. The van der Waals surface area contributed by atoms with Gasteiger partial charge in [0.05, 0.1) is 16.2 Å². The van der Waals surface area contributed by atoms with Gasteiger partial charge < -0.3 is 5.32 Å². The van der Waals surface area contributed by atoms with E-state index in [4.69, 9.17) is 0 Å². The minimum Gasteiger partial charge on any atom is -0.325 e. The van der Waals surface area contributed by atoms with Crippen molar-refractivity contribution in [2.45, 2.75) is 11.2 Å². The van der Waals surface area contributed by atoms with E-state index in [1.807, 2.05) is 0 Å². The maximum atomic E-state index is 12.6. The lowest BCUT2D eigenvalue weighted by molar-refractivity contribution is -0.388. The van der Waals surface area contributed by atoms with E-state index in [0.29, 0.717) is 0 Å². The summed E-state index contributed by atoms with van der Waals surface area (Å²) in [5.41, 5.74) is -1.13. The van der Waals surface area contributed by atoms with Crippen LogP contribution in [0.4, 0.5) is 24.5 Å². The molecular formula is C14H10F3N3O3S. The van der Waals surface area contributed by atoms with Crippen molar-refractivity contribution < 1.29 is 22.9 Å². The number of alkyl halides is 3. The first kappa shape index (κ1) is 17.7. The summed E-state index contributed by atoms with van der Waals surface area (Å²) in [5, 5.41) is 13.2. The highest BCUT2D eigenvalue weighted by molar-refractivity contribution is 8.00. The number of nitrogens with one attached hydrogen (secondary N) is 1. The average Bonchev–Trinajstić information content (AvgIpc) is 2.52. The van der Waals surface area contributed by atoms with Crippen molar-refractivity contribution in [2.24, 2.45) is 0 Å². The molecular weight excluding hydrogens is 347 g/mol. The molecule has 0 aliphatic carbocycles. The van der Waals surface area contributed by atoms with E-state index < -0.39 is 22.6 Å². The molecule has 126 valence electrons. The minimum absolute atomic E-state index is 0.00838. The van der Waals surface area contributed by atoms with Gasteiger partial charge in [0, 0.05) is 18.0 Å². The Bertz CT molecular complexity index is 768. The Morgan fingerprint density at radius 2 is 2.04 bits per heavy atom. The van der Waals surface area contributed by atoms with Crippen LogP contribution >= 0.6 is 11.8 Å². The number of pyridine rings is 1. The summed E-state index contributed by atoms with van der Waals surface area (Å²) >= 11 is 0.825. The molecule has 0 saturated carbocycles. The van der Waals surface area contributed by atoms with Gasteiger partial charge in [-0.25, -0.2) is 4.98 Å². The second kappa shape index (κ2) is 7.30. The normalized spacial score (nSPS) is 11.1. The lowest BCUT2D eigenvalue weighted by Crippen LogP contribution is -2.15. The van der Waals surface area contributed by atoms with Crippen LogP contribution < -0.4 is 5.32 Å². The number of anilines is 1. The Morgan fingerprint density at radius 1 is 1.29 bits per heavy atom. The maximum absolute atomic E-state index is 12.6. The van der Waals surface area contributed by atoms with E-state index in [1.54, 1.807) is 0 Å². The molecule has 10 heteroatoms. The number of hydrogen-bond donors (Lipinski definition) is 1. The molecule has 0 radical (unpaired) electrons. The summed E-state index contributed by atoms with van der Waals surface area (Å²) in [6.07, 6.45) is -3.16. The van der Waals surface area contributed by atoms with Gasteiger partial charge in [-0.2, -0.15) is 13.2 Å². The maximum Gasteiger partial charge on any atom is 0.416 e. The number of amides is 1. The van der Waals surface area contributed by atoms with E-state index in [1.165, 1.54) is 30.5 Å². The summed E-state index contributed by atoms with van der Waals surface area (Å²) in [6.45, 7) is 0. The number of nitrogens with zero attached hydrogens (tertiary/aromatic N) is 2. The molecule has 0 atom stereocenters. The Hall–Kier alpha value is -2.62. The molecule has 0 saturated heterocycles. The van der Waals surface area contributed by atoms with Crippen molar-refractivity contribution >= 4 is 29.0 Å². The highest BCUT2D eigenvalue weighted by Gasteiger charge is 2.30. The van der Waals surface area contributed by atoms with Crippen LogP contribution in [0.15, 0.2) is 47.6 Å². The van der Waals surface area contributed by atoms with Crippen LogP contribution in [-0.2, 0) is 11.0 Å². The number of carbonyl (C=O) groups excluding carboxylic acids is 1. The summed E-state index contributed by atoms with van der Waals surface area (Å²) in [7, 11) is 0. The monoisotopic (exact) mass is 357 g/mol. The third-order valence-electron chi connectivity index (χ3n) is 2.76. The largest absolute Gasteiger partial charge is 0.416 e. The standard InChI is InChI=1S/C14H10F3N3O3S/c15-14(16,17)9-3-1-4-10(7-9)19-12(21)8-24-13-11(20(22)23)5-2-6-18-13/h1-7H,8H2,(H,19,21). The molecule has 0 spiro atoms. The van der Waals surface area contributed by atoms with E-state index in [2.05, 4.69) is 10.3 Å². The predicted octanol–water partition coefficient (Wildman–Crippen LogP) is 3.74. The number of carbonyl (C=O) groups is 1. The average molecular weight is 357 g/mol. The fourth-order valence-corrected chi connectivity index (χ4v) is 2.50. The van der Waals surface area contributed by atoms with Gasteiger partial charge in [0.15, 0.2) is 5.03 Å². The van der Waals surface area contributed by atoms with Gasteiger partial charge >= 0.3 is 11.9 Å². The number of hydrogen-bond acceptors (Lipinski definition) is 5. The van der Waals surface area contributed by atoms with Gasteiger partial charge in [-0.05, 0) is 24.3 Å². The Kier molecular flexibility index (Phi) is 5.39. The van der Waals surface area contributed by atoms with Crippen LogP contribution in [0.25, 0.3) is 0 Å². The molecule has 0 aliphatic heterocycles. The van der Waals surface area contributed by atoms with Crippen LogP contribution in [0.1, 0.15) is 5.56 Å². The molecule has 24 heavy (non-hydrogen) atoms. The van der Waals surface area contributed by atoms with Crippen molar-refractivity contribution in [1.82, 2.24) is 4.98 Å². The summed E-state index contributed by atoms with van der Waals surface area (Å²) in [6, 6.07) is 6.84. The van der Waals surface area contributed by atoms with Crippen LogP contribution in [-0.4, -0.2) is 21.6 Å². The first-order chi connectivity index (χ1) is 11.3. The summed E-state index contributed by atoms with van der Waals surface area (Å²) < 4.78 is 37.8. The van der Waals surface area contributed by atoms with E-state index >= 15 is 0 Å². The van der Waals surface area contributed by atoms with E-state index in [0.717, 1.165) is 23.9 Å². The van der Waals surface area contributed by atoms with Crippen molar-refractivity contribution in [3.05, 3.63) is 58.3 Å². The van der Waals surface area contributed by atoms with Gasteiger partial charge in [-0.3, -0.25) is 14.9 Å². The van der Waals surface area contributed by atoms with Crippen LogP contribution in [0.2, 0.25) is 0 Å². The summed E-state index contributed by atoms with van der Waals surface area (Å²) in [4.78, 5) is 25.8. The lowest BCUT2D eigenvalue weighted by Gasteiger charge is -2.09. The Labute approximate surface area is 138 Å². The number of benzene rings is 1. The molecule has 0 bridgehead atoms. The van der Waals surface area contributed by atoms with Gasteiger partial charge in [0.25, 0.3) is 0 Å². The third kappa shape index (κ3) is 4.69. The number of nitro groups is 1. The zero-order chi connectivity index (χ0) is 17.7. The first-order valence-electron chi connectivity index (χ1n) is 6.46. The Balaban J connectivity index is 2.01. The van der Waals surface area contributed by atoms with Gasteiger partial charge in [0.2, 0.25) is 5.91 Å². The van der Waals surface area contributed by atoms with Crippen molar-refractivity contribution in [2.75, 3.05) is 11.1 Å². The molecule has 1 aromatic carbocycles. The zero-order valence-electron chi connectivity index (χ0n) is 11.9. The molecule has 2 rings (SSSR count). The van der Waals surface area contributed by atoms with Crippen LogP contribution in [0.3, 0.4) is 0 Å². The van der Waals surface area contributed by atoms with Gasteiger partial charge in [-0.1, -0.05) is 17.8 Å². The molecule has 1 N–H and O–H groups in total. The highest BCUT2D eigenvalue weighted by atomic mass is 32.2.